The quantitative estimate of drug-likeness (QED) is 0.561. The Bertz CT molecular complexity index is 845. The van der Waals surface area contributed by atoms with E-state index in [4.69, 9.17) is 0 Å². The lowest BCUT2D eigenvalue weighted by atomic mass is 10.1. The number of nitrogens with one attached hydrogen (secondary N) is 2. The van der Waals surface area contributed by atoms with Crippen molar-refractivity contribution in [3.8, 4) is 0 Å². The summed E-state index contributed by atoms with van der Waals surface area (Å²) in [6.45, 7) is 7.18. The lowest BCUT2D eigenvalue weighted by Crippen LogP contribution is -2.27. The predicted octanol–water partition coefficient (Wildman–Crippen LogP) is 3.85. The maximum absolute atomic E-state index is 4.46. The first-order valence-corrected chi connectivity index (χ1v) is 10.1. The molecule has 3 rings (SSSR count). The summed E-state index contributed by atoms with van der Waals surface area (Å²) in [5, 5.41) is 4.74. The minimum Gasteiger partial charge on any atom is -0.383 e. The van der Waals surface area contributed by atoms with E-state index < -0.39 is 0 Å². The molecule has 0 atom stereocenters. The Balaban J connectivity index is 1.40. The van der Waals surface area contributed by atoms with E-state index in [-0.39, 0.29) is 0 Å². The number of anilines is 1. The van der Waals surface area contributed by atoms with E-state index in [9.17, 15) is 0 Å². The number of fused-ring (bicyclic) bond motifs is 1. The molecule has 138 valence electrons. The van der Waals surface area contributed by atoms with E-state index in [0.717, 1.165) is 42.3 Å². The summed E-state index contributed by atoms with van der Waals surface area (Å²) < 4.78 is 0. The Labute approximate surface area is 159 Å². The van der Waals surface area contributed by atoms with Crippen molar-refractivity contribution in [1.29, 1.82) is 0 Å². The summed E-state index contributed by atoms with van der Waals surface area (Å²) in [6.07, 6.45) is 3.65. The normalized spacial score (nSPS) is 11.4. The summed E-state index contributed by atoms with van der Waals surface area (Å²) >= 11 is 1.93. The number of imidazole rings is 1. The van der Waals surface area contributed by atoms with Gasteiger partial charge in [0, 0.05) is 54.1 Å². The molecule has 0 aliphatic rings. The van der Waals surface area contributed by atoms with Crippen LogP contribution >= 0.6 is 11.8 Å². The van der Waals surface area contributed by atoms with Gasteiger partial charge in [-0.05, 0) is 38.6 Å². The van der Waals surface area contributed by atoms with Gasteiger partial charge in [-0.1, -0.05) is 12.1 Å². The van der Waals surface area contributed by atoms with Crippen LogP contribution in [0.4, 0.5) is 5.69 Å². The molecule has 0 amide bonds. The third kappa shape index (κ3) is 4.99. The van der Waals surface area contributed by atoms with E-state index in [1.165, 1.54) is 22.3 Å². The van der Waals surface area contributed by atoms with Gasteiger partial charge in [0.25, 0.3) is 0 Å². The average Bonchev–Trinajstić information content (AvgIpc) is 3.03. The van der Waals surface area contributed by atoms with Crippen LogP contribution in [0.25, 0.3) is 10.9 Å². The fourth-order valence-electron chi connectivity index (χ4n) is 2.83. The van der Waals surface area contributed by atoms with Gasteiger partial charge in [-0.15, -0.1) is 0 Å². The zero-order valence-electron chi connectivity index (χ0n) is 15.7. The minimum atomic E-state index is 0.923. The molecule has 0 fully saturated rings. The van der Waals surface area contributed by atoms with E-state index in [1.54, 1.807) is 6.33 Å². The van der Waals surface area contributed by atoms with Gasteiger partial charge in [-0.2, -0.15) is 11.8 Å². The number of aromatic amines is 1. The van der Waals surface area contributed by atoms with Gasteiger partial charge in [-0.3, -0.25) is 4.98 Å². The molecule has 2 aromatic heterocycles. The Morgan fingerprint density at radius 3 is 2.85 bits per heavy atom. The van der Waals surface area contributed by atoms with Gasteiger partial charge in [0.05, 0.1) is 17.5 Å². The van der Waals surface area contributed by atoms with E-state index in [0.29, 0.717) is 0 Å². The van der Waals surface area contributed by atoms with Crippen molar-refractivity contribution in [3.05, 3.63) is 53.7 Å². The highest BCUT2D eigenvalue weighted by Crippen LogP contribution is 2.22. The number of pyridine rings is 1. The standard InChI is InChI=1S/C20H27N5S/c1-15-4-5-17-18(6-7-21-19(17)12-15)22-8-9-25(3)10-11-26-13-20-16(2)23-14-24-20/h4-7,12,14H,8-11,13H2,1-3H3,(H,21,22)(H,23,24). The van der Waals surface area contributed by atoms with Crippen LogP contribution in [-0.2, 0) is 5.75 Å². The van der Waals surface area contributed by atoms with Gasteiger partial charge < -0.3 is 15.2 Å². The second-order valence-electron chi connectivity index (χ2n) is 6.64. The zero-order valence-corrected chi connectivity index (χ0v) is 16.6. The Kier molecular flexibility index (Phi) is 6.52. The molecule has 0 saturated heterocycles. The van der Waals surface area contributed by atoms with Crippen molar-refractivity contribution in [2.24, 2.45) is 0 Å². The number of aryl methyl sites for hydroxylation is 2. The van der Waals surface area contributed by atoms with Crippen molar-refractivity contribution in [2.45, 2.75) is 19.6 Å². The smallest absolute Gasteiger partial charge is 0.0925 e. The topological polar surface area (TPSA) is 56.8 Å². The van der Waals surface area contributed by atoms with Gasteiger partial charge in [-0.25, -0.2) is 4.98 Å². The minimum absolute atomic E-state index is 0.923. The Morgan fingerprint density at radius 1 is 1.15 bits per heavy atom. The number of H-pyrrole nitrogens is 1. The van der Waals surface area contributed by atoms with Crippen molar-refractivity contribution < 1.29 is 0 Å². The molecule has 3 aromatic rings. The van der Waals surface area contributed by atoms with Crippen LogP contribution in [0, 0.1) is 13.8 Å². The number of hydrogen-bond donors (Lipinski definition) is 2. The lowest BCUT2D eigenvalue weighted by molar-refractivity contribution is 0.370. The third-order valence-corrected chi connectivity index (χ3v) is 5.45. The highest BCUT2D eigenvalue weighted by molar-refractivity contribution is 7.98. The molecule has 0 bridgehead atoms. The monoisotopic (exact) mass is 369 g/mol. The number of thioether (sulfide) groups is 1. The van der Waals surface area contributed by atoms with Crippen molar-refractivity contribution in [2.75, 3.05) is 37.8 Å². The first kappa shape index (κ1) is 18.7. The molecule has 0 spiro atoms. The molecule has 0 saturated carbocycles. The summed E-state index contributed by atoms with van der Waals surface area (Å²) in [5.41, 5.74) is 5.79. The van der Waals surface area contributed by atoms with Crippen LogP contribution in [0.5, 0.6) is 0 Å². The summed E-state index contributed by atoms with van der Waals surface area (Å²) in [6, 6.07) is 8.47. The van der Waals surface area contributed by atoms with Gasteiger partial charge in [0.2, 0.25) is 0 Å². The summed E-state index contributed by atoms with van der Waals surface area (Å²) in [7, 11) is 2.18. The van der Waals surface area contributed by atoms with Crippen LogP contribution in [0.3, 0.4) is 0 Å². The number of aromatic nitrogens is 3. The molecular weight excluding hydrogens is 342 g/mol. The number of nitrogens with zero attached hydrogens (tertiary/aromatic N) is 3. The molecule has 6 heteroatoms. The molecule has 0 aliphatic carbocycles. The molecule has 0 unspecified atom stereocenters. The van der Waals surface area contributed by atoms with Gasteiger partial charge in [0.15, 0.2) is 0 Å². The van der Waals surface area contributed by atoms with Crippen molar-refractivity contribution in [1.82, 2.24) is 19.9 Å². The van der Waals surface area contributed by atoms with Crippen LogP contribution in [0.2, 0.25) is 0 Å². The highest BCUT2D eigenvalue weighted by atomic mass is 32.2. The summed E-state index contributed by atoms with van der Waals surface area (Å²) in [5.74, 6) is 2.09. The Morgan fingerprint density at radius 2 is 2.04 bits per heavy atom. The van der Waals surface area contributed by atoms with Crippen molar-refractivity contribution in [3.63, 3.8) is 0 Å². The lowest BCUT2D eigenvalue weighted by Gasteiger charge is -2.17. The first-order chi connectivity index (χ1) is 12.6. The van der Waals surface area contributed by atoms with E-state index in [2.05, 4.69) is 70.3 Å². The first-order valence-electron chi connectivity index (χ1n) is 8.98. The zero-order chi connectivity index (χ0) is 18.4. The number of likely N-dealkylation sites (N-methyl/N-ethyl adjacent to an activating group) is 1. The van der Waals surface area contributed by atoms with E-state index >= 15 is 0 Å². The average molecular weight is 370 g/mol. The van der Waals surface area contributed by atoms with Crippen molar-refractivity contribution >= 4 is 28.4 Å². The number of rotatable bonds is 9. The summed E-state index contributed by atoms with van der Waals surface area (Å²) in [4.78, 5) is 14.3. The maximum Gasteiger partial charge on any atom is 0.0925 e. The molecule has 0 aliphatic heterocycles. The van der Waals surface area contributed by atoms with Crippen LogP contribution in [0.1, 0.15) is 17.0 Å². The second kappa shape index (κ2) is 9.05. The van der Waals surface area contributed by atoms with Crippen LogP contribution < -0.4 is 5.32 Å². The largest absolute Gasteiger partial charge is 0.383 e. The number of hydrogen-bond acceptors (Lipinski definition) is 5. The molecule has 2 N–H and O–H groups in total. The molecule has 5 nitrogen and oxygen atoms in total. The molecule has 1 aromatic carbocycles. The van der Waals surface area contributed by atoms with Crippen LogP contribution in [0.15, 0.2) is 36.8 Å². The molecule has 26 heavy (non-hydrogen) atoms. The van der Waals surface area contributed by atoms with Gasteiger partial charge >= 0.3 is 0 Å². The van der Waals surface area contributed by atoms with Gasteiger partial charge in [0.1, 0.15) is 0 Å². The fraction of sp³-hybridized carbons (Fsp3) is 0.400. The maximum atomic E-state index is 4.46. The highest BCUT2D eigenvalue weighted by Gasteiger charge is 2.04. The second-order valence-corrected chi connectivity index (χ2v) is 7.74. The third-order valence-electron chi connectivity index (χ3n) is 4.50. The molecule has 2 heterocycles. The fourth-order valence-corrected chi connectivity index (χ4v) is 3.90. The molecule has 0 radical (unpaired) electrons. The van der Waals surface area contributed by atoms with Crippen LogP contribution in [-0.4, -0.2) is 52.3 Å². The molecular formula is C20H27N5S. The SMILES string of the molecule is Cc1ccc2c(NCCN(C)CCSCc3nc[nH]c3C)ccnc2c1. The number of benzene rings is 1. The van der Waals surface area contributed by atoms with E-state index in [1.807, 2.05) is 18.0 Å². The Hall–Kier alpha value is -2.05. The predicted molar refractivity (Wildman–Crippen MR) is 112 cm³/mol.